The number of hydrogen-bond acceptors (Lipinski definition) is 3. The van der Waals surface area contributed by atoms with Crippen molar-refractivity contribution in [3.05, 3.63) is 53.6 Å². The van der Waals surface area contributed by atoms with E-state index in [4.69, 9.17) is 0 Å². The van der Waals surface area contributed by atoms with Crippen LogP contribution < -0.4 is 5.32 Å². The number of carbonyl (C=O) groups excluding carboxylic acids is 1. The Hall–Kier alpha value is -1.78. The van der Waals surface area contributed by atoms with Crippen LogP contribution in [0.4, 0.5) is 5.69 Å². The highest BCUT2D eigenvalue weighted by Crippen LogP contribution is 2.62. The minimum atomic E-state index is -0.502. The molecule has 4 aliphatic rings. The second-order valence-electron chi connectivity index (χ2n) is 10.3. The van der Waals surface area contributed by atoms with Crippen LogP contribution in [0.5, 0.6) is 0 Å². The molecule has 0 saturated heterocycles. The number of carbonyl (C=O) groups is 1. The molecule has 1 amide bonds. The van der Waals surface area contributed by atoms with Crippen molar-refractivity contribution in [1.82, 2.24) is 0 Å². The summed E-state index contributed by atoms with van der Waals surface area (Å²) in [5, 5.41) is 14.0. The molecule has 0 radical (unpaired) electrons. The largest absolute Gasteiger partial charge is 0.390 e. The number of benzene rings is 2. The van der Waals surface area contributed by atoms with Crippen molar-refractivity contribution in [2.75, 3.05) is 5.32 Å². The van der Waals surface area contributed by atoms with Gasteiger partial charge in [0.25, 0.3) is 0 Å². The third kappa shape index (κ3) is 4.04. The van der Waals surface area contributed by atoms with Gasteiger partial charge in [0.1, 0.15) is 0 Å². The highest BCUT2D eigenvalue weighted by molar-refractivity contribution is 7.99. The van der Waals surface area contributed by atoms with Gasteiger partial charge in [-0.2, -0.15) is 0 Å². The van der Waals surface area contributed by atoms with Gasteiger partial charge in [-0.15, -0.1) is 0 Å². The lowest BCUT2D eigenvalue weighted by atomic mass is 9.47. The van der Waals surface area contributed by atoms with Crippen LogP contribution in [0.3, 0.4) is 0 Å². The molecular formula is C26H31NO2S. The van der Waals surface area contributed by atoms with Crippen molar-refractivity contribution in [2.24, 2.45) is 17.3 Å². The first-order valence-corrected chi connectivity index (χ1v) is 12.0. The molecule has 2 aromatic carbocycles. The monoisotopic (exact) mass is 421 g/mol. The van der Waals surface area contributed by atoms with E-state index in [0.717, 1.165) is 37.8 Å². The van der Waals surface area contributed by atoms with E-state index in [9.17, 15) is 9.90 Å². The van der Waals surface area contributed by atoms with Crippen LogP contribution in [0.25, 0.3) is 0 Å². The molecule has 4 bridgehead atoms. The Morgan fingerprint density at radius 1 is 1.00 bits per heavy atom. The van der Waals surface area contributed by atoms with E-state index in [1.54, 1.807) is 11.8 Å². The summed E-state index contributed by atoms with van der Waals surface area (Å²) in [7, 11) is 0. The van der Waals surface area contributed by atoms with Crippen LogP contribution in [-0.2, 0) is 4.79 Å². The molecule has 158 valence electrons. The van der Waals surface area contributed by atoms with Gasteiger partial charge in [0, 0.05) is 21.9 Å². The zero-order valence-electron chi connectivity index (χ0n) is 17.9. The van der Waals surface area contributed by atoms with E-state index >= 15 is 0 Å². The Kier molecular flexibility index (Phi) is 4.98. The molecule has 4 heteroatoms. The fourth-order valence-electron chi connectivity index (χ4n) is 6.67. The number of amides is 1. The summed E-state index contributed by atoms with van der Waals surface area (Å²) in [5.74, 6) is 1.33. The second-order valence-corrected chi connectivity index (χ2v) is 11.4. The Morgan fingerprint density at radius 2 is 1.67 bits per heavy atom. The van der Waals surface area contributed by atoms with Crippen LogP contribution in [0.1, 0.15) is 56.1 Å². The Morgan fingerprint density at radius 3 is 2.30 bits per heavy atom. The van der Waals surface area contributed by atoms with E-state index < -0.39 is 5.60 Å². The first-order valence-electron chi connectivity index (χ1n) is 11.2. The minimum absolute atomic E-state index is 0.0159. The fraction of sp³-hybridized carbons (Fsp3) is 0.500. The van der Waals surface area contributed by atoms with Gasteiger partial charge in [-0.1, -0.05) is 17.8 Å². The maximum Gasteiger partial charge on any atom is 0.224 e. The molecule has 6 rings (SSSR count). The third-order valence-corrected chi connectivity index (χ3v) is 8.54. The predicted octanol–water partition coefficient (Wildman–Crippen LogP) is 6.11. The zero-order chi connectivity index (χ0) is 20.9. The summed E-state index contributed by atoms with van der Waals surface area (Å²) in [6, 6.07) is 14.7. The van der Waals surface area contributed by atoms with Crippen molar-refractivity contribution in [1.29, 1.82) is 0 Å². The average molecular weight is 422 g/mol. The summed E-state index contributed by atoms with van der Waals surface area (Å²) in [6.45, 7) is 4.27. The van der Waals surface area contributed by atoms with Gasteiger partial charge in [0.2, 0.25) is 5.91 Å². The first kappa shape index (κ1) is 20.1. The van der Waals surface area contributed by atoms with Crippen LogP contribution in [0, 0.1) is 31.1 Å². The Balaban J connectivity index is 1.21. The molecule has 2 unspecified atom stereocenters. The number of anilines is 1. The molecule has 4 saturated carbocycles. The lowest BCUT2D eigenvalue weighted by Gasteiger charge is -2.60. The summed E-state index contributed by atoms with van der Waals surface area (Å²) < 4.78 is 0. The zero-order valence-corrected chi connectivity index (χ0v) is 18.7. The van der Waals surface area contributed by atoms with Crippen LogP contribution in [0.15, 0.2) is 52.3 Å². The lowest BCUT2D eigenvalue weighted by molar-refractivity contribution is -0.167. The van der Waals surface area contributed by atoms with Crippen molar-refractivity contribution >= 4 is 23.4 Å². The predicted molar refractivity (Wildman–Crippen MR) is 122 cm³/mol. The number of aliphatic hydroxyl groups is 1. The summed E-state index contributed by atoms with van der Waals surface area (Å²) in [4.78, 5) is 15.2. The molecule has 0 aromatic heterocycles. The Bertz CT molecular complexity index is 953. The molecule has 4 aliphatic carbocycles. The minimum Gasteiger partial charge on any atom is -0.390 e. The van der Waals surface area contributed by atoms with Crippen LogP contribution >= 0.6 is 11.8 Å². The third-order valence-electron chi connectivity index (χ3n) is 7.54. The molecule has 4 fully saturated rings. The molecule has 2 N–H and O–H groups in total. The van der Waals surface area contributed by atoms with Crippen molar-refractivity contribution in [2.45, 2.75) is 74.2 Å². The highest BCUT2D eigenvalue weighted by atomic mass is 32.2. The number of rotatable bonds is 5. The fourth-order valence-corrected chi connectivity index (χ4v) is 7.59. The maximum atomic E-state index is 12.8. The van der Waals surface area contributed by atoms with Gasteiger partial charge >= 0.3 is 0 Å². The molecule has 30 heavy (non-hydrogen) atoms. The van der Waals surface area contributed by atoms with Gasteiger partial charge in [0.05, 0.1) is 5.60 Å². The van der Waals surface area contributed by atoms with Gasteiger partial charge in [-0.05, 0) is 117 Å². The van der Waals surface area contributed by atoms with Crippen molar-refractivity contribution in [3.63, 3.8) is 0 Å². The SMILES string of the molecule is Cc1ccc(Sc2ccc(NC(=O)CC34CC5CC(CC(O)(C5)C3)C4)cc2)cc1C. The van der Waals surface area contributed by atoms with Crippen molar-refractivity contribution in [3.8, 4) is 0 Å². The number of aryl methyl sites for hydroxylation is 2. The topological polar surface area (TPSA) is 49.3 Å². The van der Waals surface area contributed by atoms with Crippen LogP contribution in [0.2, 0.25) is 0 Å². The van der Waals surface area contributed by atoms with Crippen LogP contribution in [-0.4, -0.2) is 16.6 Å². The lowest BCUT2D eigenvalue weighted by Crippen LogP contribution is -2.56. The first-order chi connectivity index (χ1) is 14.3. The van der Waals surface area contributed by atoms with Gasteiger partial charge < -0.3 is 10.4 Å². The average Bonchev–Trinajstić information content (AvgIpc) is 2.64. The molecule has 2 atom stereocenters. The number of hydrogen-bond donors (Lipinski definition) is 2. The summed E-state index contributed by atoms with van der Waals surface area (Å²) in [5.41, 5.74) is 2.98. The molecule has 2 aromatic rings. The highest BCUT2D eigenvalue weighted by Gasteiger charge is 2.57. The molecule has 0 heterocycles. The molecular weight excluding hydrogens is 390 g/mol. The summed E-state index contributed by atoms with van der Waals surface area (Å²) in [6.07, 6.45) is 6.74. The molecule has 3 nitrogen and oxygen atoms in total. The van der Waals surface area contributed by atoms with E-state index in [1.165, 1.54) is 27.3 Å². The quantitative estimate of drug-likeness (QED) is 0.612. The van der Waals surface area contributed by atoms with E-state index in [1.807, 2.05) is 12.1 Å². The van der Waals surface area contributed by atoms with Gasteiger partial charge in [-0.25, -0.2) is 0 Å². The Labute approximate surface area is 183 Å². The van der Waals surface area contributed by atoms with Gasteiger partial charge in [0.15, 0.2) is 0 Å². The summed E-state index contributed by atoms with van der Waals surface area (Å²) >= 11 is 1.74. The molecule has 0 aliphatic heterocycles. The molecule has 0 spiro atoms. The van der Waals surface area contributed by atoms with E-state index in [0.29, 0.717) is 18.3 Å². The van der Waals surface area contributed by atoms with E-state index in [-0.39, 0.29) is 11.3 Å². The second kappa shape index (κ2) is 7.42. The van der Waals surface area contributed by atoms with E-state index in [2.05, 4.69) is 49.5 Å². The smallest absolute Gasteiger partial charge is 0.224 e. The number of nitrogens with one attached hydrogen (secondary N) is 1. The van der Waals surface area contributed by atoms with Gasteiger partial charge in [-0.3, -0.25) is 4.79 Å². The normalized spacial score (nSPS) is 31.7. The standard InChI is InChI=1S/C26H31NO2S/c1-17-3-6-23(9-18(17)2)30-22-7-4-21(5-8-22)27-24(28)15-25-11-19-10-20(12-25)14-26(29,13-19)16-25/h3-9,19-20,29H,10-16H2,1-2H3,(H,27,28). The van der Waals surface area contributed by atoms with Crippen molar-refractivity contribution < 1.29 is 9.90 Å². The maximum absolute atomic E-state index is 12.8.